The van der Waals surface area contributed by atoms with Crippen molar-refractivity contribution < 1.29 is 9.47 Å². The van der Waals surface area contributed by atoms with Crippen LogP contribution >= 0.6 is 11.8 Å². The van der Waals surface area contributed by atoms with Gasteiger partial charge in [-0.25, -0.2) is 0 Å². The lowest BCUT2D eigenvalue weighted by Crippen LogP contribution is -2.46. The third-order valence-electron chi connectivity index (χ3n) is 1.48. The van der Waals surface area contributed by atoms with Crippen LogP contribution in [0.4, 0.5) is 4.79 Å². The highest BCUT2D eigenvalue weighted by Gasteiger charge is 2.06. The van der Waals surface area contributed by atoms with Gasteiger partial charge < -0.3 is 0 Å². The molecule has 14 heavy (non-hydrogen) atoms. The molecular weight excluding hydrogens is 198 g/mol. The minimum absolute atomic E-state index is 0.165. The molecule has 0 unspecified atom stereocenters. The molecule has 1 N–H and O–H groups in total. The second-order valence-electron chi connectivity index (χ2n) is 2.63. The minimum atomic E-state index is -0.236. The van der Waals surface area contributed by atoms with Crippen LogP contribution < -0.4 is 10.1 Å². The van der Waals surface area contributed by atoms with E-state index >= 15 is 0 Å². The monoisotopic (exact) mass is 208 g/mol. The molecule has 72 valence electrons. The second kappa shape index (κ2) is 5.25. The fourth-order valence-electron chi connectivity index (χ4n) is 0.811. The van der Waals surface area contributed by atoms with Crippen LogP contribution in [0.5, 0.6) is 0 Å². The number of hydrogen-bond acceptors (Lipinski definition) is 3. The Morgan fingerprint density at radius 1 is 1.64 bits per heavy atom. The van der Waals surface area contributed by atoms with Crippen molar-refractivity contribution in [2.24, 2.45) is 0 Å². The van der Waals surface area contributed by atoms with Crippen LogP contribution in [-0.2, 0) is 0 Å². The number of nitrogens with zero attached hydrogens (tertiary/aromatic N) is 2. The van der Waals surface area contributed by atoms with Crippen molar-refractivity contribution in [2.75, 3.05) is 11.2 Å². The molecule has 0 aliphatic heterocycles. The Balaban J connectivity index is 2.49. The van der Waals surface area contributed by atoms with Crippen LogP contribution in [0.15, 0.2) is 24.5 Å². The van der Waals surface area contributed by atoms with Crippen molar-refractivity contribution in [1.29, 1.82) is 5.26 Å². The van der Waals surface area contributed by atoms with Gasteiger partial charge >= 0.3 is 5.24 Å². The van der Waals surface area contributed by atoms with E-state index in [4.69, 9.17) is 5.26 Å². The second-order valence-corrected chi connectivity index (χ2v) is 3.58. The summed E-state index contributed by atoms with van der Waals surface area (Å²) < 4.78 is 1.56. The van der Waals surface area contributed by atoms with Crippen LogP contribution in [0.3, 0.4) is 0 Å². The third kappa shape index (κ3) is 3.46. The predicted octanol–water partition coefficient (Wildman–Crippen LogP) is 1.20. The third-order valence-corrected chi connectivity index (χ3v) is 2.11. The number of pyridine rings is 1. The van der Waals surface area contributed by atoms with Gasteiger partial charge in [-0.3, -0.25) is 4.79 Å². The molecule has 0 aromatic carbocycles. The van der Waals surface area contributed by atoms with Gasteiger partial charge in [0.15, 0.2) is 12.4 Å². The first kappa shape index (κ1) is 10.5. The number of nitriles is 1. The molecule has 0 radical (unpaired) electrons. The standard InChI is InChI=1S/C9H9N3OS/c1-8-2-5-12(6-3-8)11-9(13)14-7-4-10/h2-3,5-6H,7H2,1H3/p+1. The van der Waals surface area contributed by atoms with Crippen LogP contribution in [0, 0.1) is 18.3 Å². The van der Waals surface area contributed by atoms with Crippen molar-refractivity contribution >= 4 is 17.0 Å². The predicted molar refractivity (Wildman–Crippen MR) is 54.2 cm³/mol. The molecule has 4 nitrogen and oxygen atoms in total. The zero-order valence-corrected chi connectivity index (χ0v) is 8.54. The number of amides is 1. The summed E-state index contributed by atoms with van der Waals surface area (Å²) in [6.07, 6.45) is 3.50. The van der Waals surface area contributed by atoms with Crippen LogP contribution in [0.1, 0.15) is 5.56 Å². The number of nitrogens with one attached hydrogen (secondary N) is 1. The molecule has 0 aliphatic rings. The molecule has 1 aromatic rings. The molecule has 1 rings (SSSR count). The first-order chi connectivity index (χ1) is 6.72. The molecule has 5 heteroatoms. The quantitative estimate of drug-likeness (QED) is 0.743. The molecule has 0 saturated carbocycles. The maximum Gasteiger partial charge on any atom is 0.333 e. The summed E-state index contributed by atoms with van der Waals surface area (Å²) in [5.74, 6) is 0.165. The number of carbonyl (C=O) groups is 1. The summed E-state index contributed by atoms with van der Waals surface area (Å²) in [4.78, 5) is 11.1. The van der Waals surface area contributed by atoms with Gasteiger partial charge in [0.1, 0.15) is 0 Å². The number of aromatic nitrogens is 1. The Bertz CT molecular complexity index is 355. The first-order valence-electron chi connectivity index (χ1n) is 4.01. The highest BCUT2D eigenvalue weighted by Crippen LogP contribution is 1.98. The van der Waals surface area contributed by atoms with Crippen molar-refractivity contribution in [1.82, 2.24) is 0 Å². The van der Waals surface area contributed by atoms with Crippen LogP contribution in [0.25, 0.3) is 0 Å². The molecule has 1 aromatic heterocycles. The van der Waals surface area contributed by atoms with Gasteiger partial charge in [-0.05, 0) is 24.2 Å². The van der Waals surface area contributed by atoms with Gasteiger partial charge in [0.05, 0.1) is 11.8 Å². The summed E-state index contributed by atoms with van der Waals surface area (Å²) in [7, 11) is 0. The lowest BCUT2D eigenvalue weighted by molar-refractivity contribution is -0.640. The fourth-order valence-corrected chi connectivity index (χ4v) is 1.18. The van der Waals surface area contributed by atoms with Gasteiger partial charge in [0.25, 0.3) is 0 Å². The lowest BCUT2D eigenvalue weighted by Gasteiger charge is -1.96. The molecule has 1 heterocycles. The summed E-state index contributed by atoms with van der Waals surface area (Å²) in [6, 6.07) is 5.65. The normalized spacial score (nSPS) is 9.14. The van der Waals surface area contributed by atoms with E-state index in [1.54, 1.807) is 17.1 Å². The fraction of sp³-hybridized carbons (Fsp3) is 0.222. The number of thioether (sulfide) groups is 1. The smallest absolute Gasteiger partial charge is 0.256 e. The van der Waals surface area contributed by atoms with E-state index in [2.05, 4.69) is 5.43 Å². The Labute approximate surface area is 86.5 Å². The van der Waals surface area contributed by atoms with E-state index in [-0.39, 0.29) is 11.0 Å². The van der Waals surface area contributed by atoms with Gasteiger partial charge in [-0.2, -0.15) is 5.26 Å². The van der Waals surface area contributed by atoms with Crippen molar-refractivity contribution in [3.8, 4) is 6.07 Å². The van der Waals surface area contributed by atoms with Crippen molar-refractivity contribution in [2.45, 2.75) is 6.92 Å². The maximum absolute atomic E-state index is 11.1. The van der Waals surface area contributed by atoms with Gasteiger partial charge in [0.2, 0.25) is 0 Å². The number of hydrogen-bond donors (Lipinski definition) is 1. The number of carbonyl (C=O) groups excluding carboxylic acids is 1. The Kier molecular flexibility index (Phi) is 3.95. The minimum Gasteiger partial charge on any atom is -0.256 e. The zero-order valence-electron chi connectivity index (χ0n) is 7.73. The number of aryl methyl sites for hydroxylation is 1. The molecule has 0 saturated heterocycles. The highest BCUT2D eigenvalue weighted by molar-refractivity contribution is 8.14. The topological polar surface area (TPSA) is 56.8 Å². The molecule has 0 bridgehead atoms. The zero-order chi connectivity index (χ0) is 10.4. The van der Waals surface area contributed by atoms with E-state index in [9.17, 15) is 4.79 Å². The van der Waals surface area contributed by atoms with E-state index in [1.807, 2.05) is 25.1 Å². The summed E-state index contributed by atoms with van der Waals surface area (Å²) in [5.41, 5.74) is 3.72. The molecule has 0 aliphatic carbocycles. The van der Waals surface area contributed by atoms with Gasteiger partial charge in [-0.15, -0.1) is 5.43 Å². The van der Waals surface area contributed by atoms with Gasteiger partial charge in [0, 0.05) is 12.1 Å². The van der Waals surface area contributed by atoms with E-state index in [1.165, 1.54) is 0 Å². The average Bonchev–Trinajstić information content (AvgIpc) is 2.18. The van der Waals surface area contributed by atoms with Gasteiger partial charge in [-0.1, -0.05) is 4.68 Å². The maximum atomic E-state index is 11.1. The molecule has 0 spiro atoms. The van der Waals surface area contributed by atoms with Crippen LogP contribution in [0.2, 0.25) is 0 Å². The Morgan fingerprint density at radius 2 is 2.29 bits per heavy atom. The molecular formula is C9H10N3OS+. The van der Waals surface area contributed by atoms with Crippen LogP contribution in [-0.4, -0.2) is 11.0 Å². The van der Waals surface area contributed by atoms with E-state index < -0.39 is 0 Å². The van der Waals surface area contributed by atoms with Crippen molar-refractivity contribution in [3.63, 3.8) is 0 Å². The summed E-state index contributed by atoms with van der Waals surface area (Å²) in [5, 5.41) is 8.02. The molecule has 0 atom stereocenters. The molecule has 0 fully saturated rings. The van der Waals surface area contributed by atoms with E-state index in [0.29, 0.717) is 0 Å². The largest absolute Gasteiger partial charge is 0.333 e. The average molecular weight is 208 g/mol. The Hall–Kier alpha value is -1.54. The SMILES string of the molecule is Cc1cc[n+](NC(=O)SCC#N)cc1. The highest BCUT2D eigenvalue weighted by atomic mass is 32.2. The first-order valence-corrected chi connectivity index (χ1v) is 4.99. The summed E-state index contributed by atoms with van der Waals surface area (Å²) in [6.45, 7) is 1.97. The van der Waals surface area contributed by atoms with E-state index in [0.717, 1.165) is 17.3 Å². The summed E-state index contributed by atoms with van der Waals surface area (Å²) >= 11 is 0.943. The number of rotatable bonds is 2. The van der Waals surface area contributed by atoms with Crippen molar-refractivity contribution in [3.05, 3.63) is 30.1 Å². The lowest BCUT2D eigenvalue weighted by atomic mass is 10.3. The Morgan fingerprint density at radius 3 is 2.86 bits per heavy atom. The molecule has 1 amide bonds.